The van der Waals surface area contributed by atoms with Crippen molar-refractivity contribution in [3.05, 3.63) is 29.3 Å². The lowest BCUT2D eigenvalue weighted by Gasteiger charge is -2.09. The van der Waals surface area contributed by atoms with E-state index >= 15 is 0 Å². The van der Waals surface area contributed by atoms with Gasteiger partial charge in [0.05, 0.1) is 5.69 Å². The number of rotatable bonds is 1. The molecule has 2 rings (SSSR count). The Hall–Kier alpha value is -1.11. The highest BCUT2D eigenvalue weighted by Gasteiger charge is 2.12. The van der Waals surface area contributed by atoms with E-state index in [4.69, 9.17) is 0 Å². The van der Waals surface area contributed by atoms with Gasteiger partial charge in [0.2, 0.25) is 0 Å². The number of benzene rings is 1. The fraction of sp³-hybridized carbons (Fsp3) is 0.364. The molecular formula is C11H13N. The second-order valence-corrected chi connectivity index (χ2v) is 3.52. The molecule has 1 heteroatoms. The van der Waals surface area contributed by atoms with Crippen LogP contribution < -0.4 is 0 Å². The van der Waals surface area contributed by atoms with Gasteiger partial charge in [0.15, 0.2) is 0 Å². The van der Waals surface area contributed by atoms with Crippen LogP contribution in [0.1, 0.15) is 30.9 Å². The Kier molecular flexibility index (Phi) is 1.72. The summed E-state index contributed by atoms with van der Waals surface area (Å²) in [6.07, 6.45) is 3.01. The molecule has 0 amide bonds. The number of fused-ring (bicyclic) bond motifs is 1. The van der Waals surface area contributed by atoms with Crippen LogP contribution in [-0.2, 0) is 6.42 Å². The zero-order valence-corrected chi connectivity index (χ0v) is 7.54. The molecule has 0 radical (unpaired) electrons. The first-order valence-electron chi connectivity index (χ1n) is 4.43. The molecule has 0 aliphatic carbocycles. The lowest BCUT2D eigenvalue weighted by molar-refractivity contribution is 0.855. The highest BCUT2D eigenvalue weighted by atomic mass is 14.7. The lowest BCUT2D eigenvalue weighted by atomic mass is 9.95. The topological polar surface area (TPSA) is 12.4 Å². The quantitative estimate of drug-likeness (QED) is 0.597. The van der Waals surface area contributed by atoms with Gasteiger partial charge in [0.1, 0.15) is 0 Å². The fourth-order valence-electron chi connectivity index (χ4n) is 1.71. The molecule has 0 saturated heterocycles. The van der Waals surface area contributed by atoms with Crippen molar-refractivity contribution in [3.63, 3.8) is 0 Å². The summed E-state index contributed by atoms with van der Waals surface area (Å²) in [5.74, 6) is 0.613. The van der Waals surface area contributed by atoms with Crippen LogP contribution in [-0.4, -0.2) is 6.21 Å². The summed E-state index contributed by atoms with van der Waals surface area (Å²) < 4.78 is 0. The normalized spacial score (nSPS) is 13.9. The smallest absolute Gasteiger partial charge is 0.0664 e. The maximum Gasteiger partial charge on any atom is 0.0664 e. The predicted molar refractivity (Wildman–Crippen MR) is 52.4 cm³/mol. The van der Waals surface area contributed by atoms with Crippen LogP contribution >= 0.6 is 0 Å². The van der Waals surface area contributed by atoms with E-state index in [2.05, 4.69) is 37.0 Å². The van der Waals surface area contributed by atoms with E-state index < -0.39 is 0 Å². The molecule has 1 aromatic carbocycles. The third-order valence-corrected chi connectivity index (χ3v) is 2.34. The highest BCUT2D eigenvalue weighted by Crippen LogP contribution is 2.30. The Morgan fingerprint density at radius 1 is 1.33 bits per heavy atom. The van der Waals surface area contributed by atoms with Gasteiger partial charge in [-0.25, -0.2) is 0 Å². The van der Waals surface area contributed by atoms with Crippen molar-refractivity contribution < 1.29 is 0 Å². The zero-order chi connectivity index (χ0) is 8.55. The molecule has 0 saturated carbocycles. The Bertz CT molecular complexity index is 324. The molecule has 0 N–H and O–H groups in total. The first kappa shape index (κ1) is 7.53. The molecule has 0 aromatic heterocycles. The molecule has 12 heavy (non-hydrogen) atoms. The molecular weight excluding hydrogens is 146 g/mol. The number of hydrogen-bond acceptors (Lipinski definition) is 1. The van der Waals surface area contributed by atoms with Crippen molar-refractivity contribution >= 4 is 11.9 Å². The van der Waals surface area contributed by atoms with Gasteiger partial charge in [-0.2, -0.15) is 0 Å². The van der Waals surface area contributed by atoms with E-state index in [0.717, 1.165) is 6.42 Å². The van der Waals surface area contributed by atoms with E-state index in [-0.39, 0.29) is 0 Å². The molecule has 0 spiro atoms. The van der Waals surface area contributed by atoms with E-state index in [1.807, 2.05) is 6.21 Å². The summed E-state index contributed by atoms with van der Waals surface area (Å²) in [6, 6.07) is 6.39. The van der Waals surface area contributed by atoms with Crippen LogP contribution in [0, 0.1) is 0 Å². The van der Waals surface area contributed by atoms with Gasteiger partial charge >= 0.3 is 0 Å². The van der Waals surface area contributed by atoms with Crippen LogP contribution in [0.4, 0.5) is 5.69 Å². The SMILES string of the molecule is CC(C)c1cccc2c1CC=N2. The third-order valence-electron chi connectivity index (χ3n) is 2.34. The van der Waals surface area contributed by atoms with Crippen molar-refractivity contribution in [1.29, 1.82) is 0 Å². The summed E-state index contributed by atoms with van der Waals surface area (Å²) in [4.78, 5) is 4.32. The molecule has 1 aromatic rings. The van der Waals surface area contributed by atoms with E-state index in [9.17, 15) is 0 Å². The van der Waals surface area contributed by atoms with Crippen molar-refractivity contribution in [2.75, 3.05) is 0 Å². The zero-order valence-electron chi connectivity index (χ0n) is 7.54. The second-order valence-electron chi connectivity index (χ2n) is 3.52. The van der Waals surface area contributed by atoms with Crippen LogP contribution in [0.25, 0.3) is 0 Å². The minimum Gasteiger partial charge on any atom is -0.261 e. The maximum atomic E-state index is 4.32. The van der Waals surface area contributed by atoms with Crippen LogP contribution in [0.2, 0.25) is 0 Å². The first-order chi connectivity index (χ1) is 5.79. The Labute approximate surface area is 73.1 Å². The average molecular weight is 159 g/mol. The summed E-state index contributed by atoms with van der Waals surface area (Å²) in [5.41, 5.74) is 4.04. The standard InChI is InChI=1S/C11H13N/c1-8(2)9-4-3-5-11-10(9)6-7-12-11/h3-5,7-8H,6H2,1-2H3. The fourth-order valence-corrected chi connectivity index (χ4v) is 1.71. The molecule has 0 atom stereocenters. The monoisotopic (exact) mass is 159 g/mol. The number of nitrogens with zero attached hydrogens (tertiary/aromatic N) is 1. The molecule has 0 fully saturated rings. The lowest BCUT2D eigenvalue weighted by Crippen LogP contribution is -1.93. The largest absolute Gasteiger partial charge is 0.261 e. The summed E-state index contributed by atoms with van der Waals surface area (Å²) in [5, 5.41) is 0. The Balaban J connectivity index is 2.53. The highest BCUT2D eigenvalue weighted by molar-refractivity contribution is 5.77. The first-order valence-corrected chi connectivity index (χ1v) is 4.43. The summed E-state index contributed by atoms with van der Waals surface area (Å²) >= 11 is 0. The Morgan fingerprint density at radius 3 is 2.92 bits per heavy atom. The minimum atomic E-state index is 0.613. The molecule has 0 bridgehead atoms. The van der Waals surface area contributed by atoms with Gasteiger partial charge in [-0.15, -0.1) is 0 Å². The second kappa shape index (κ2) is 2.74. The van der Waals surface area contributed by atoms with Crippen molar-refractivity contribution in [3.8, 4) is 0 Å². The molecule has 1 nitrogen and oxygen atoms in total. The van der Waals surface area contributed by atoms with Crippen molar-refractivity contribution in [2.45, 2.75) is 26.2 Å². The van der Waals surface area contributed by atoms with E-state index in [1.54, 1.807) is 0 Å². The maximum absolute atomic E-state index is 4.32. The molecule has 1 aliphatic rings. The molecule has 62 valence electrons. The summed E-state index contributed by atoms with van der Waals surface area (Å²) in [7, 11) is 0. The van der Waals surface area contributed by atoms with Crippen molar-refractivity contribution in [2.24, 2.45) is 4.99 Å². The summed E-state index contributed by atoms with van der Waals surface area (Å²) in [6.45, 7) is 4.46. The minimum absolute atomic E-state index is 0.613. The molecule has 1 aliphatic heterocycles. The van der Waals surface area contributed by atoms with Gasteiger partial charge in [0, 0.05) is 12.6 Å². The van der Waals surface area contributed by atoms with Crippen LogP contribution in [0.5, 0.6) is 0 Å². The van der Waals surface area contributed by atoms with E-state index in [0.29, 0.717) is 5.92 Å². The molecule has 0 unspecified atom stereocenters. The van der Waals surface area contributed by atoms with Crippen LogP contribution in [0.15, 0.2) is 23.2 Å². The number of aliphatic imine (C=N–C) groups is 1. The van der Waals surface area contributed by atoms with Crippen LogP contribution in [0.3, 0.4) is 0 Å². The van der Waals surface area contributed by atoms with Gasteiger partial charge in [-0.3, -0.25) is 4.99 Å². The van der Waals surface area contributed by atoms with Crippen molar-refractivity contribution in [1.82, 2.24) is 0 Å². The Morgan fingerprint density at radius 2 is 2.17 bits per heavy atom. The third kappa shape index (κ3) is 1.06. The molecule has 1 heterocycles. The van der Waals surface area contributed by atoms with Gasteiger partial charge in [-0.1, -0.05) is 26.0 Å². The number of hydrogen-bond donors (Lipinski definition) is 0. The van der Waals surface area contributed by atoms with Gasteiger partial charge in [0.25, 0.3) is 0 Å². The van der Waals surface area contributed by atoms with Gasteiger partial charge in [-0.05, 0) is 23.1 Å². The van der Waals surface area contributed by atoms with E-state index in [1.165, 1.54) is 16.8 Å². The van der Waals surface area contributed by atoms with Gasteiger partial charge < -0.3 is 0 Å². The average Bonchev–Trinajstić information content (AvgIpc) is 2.49. The predicted octanol–water partition coefficient (Wildman–Crippen LogP) is 3.07.